The number of carbonyl (C=O) groups excluding carboxylic acids is 4. The van der Waals surface area contributed by atoms with Gasteiger partial charge in [0.05, 0.1) is 19.1 Å². The van der Waals surface area contributed by atoms with Crippen LogP contribution in [0, 0.1) is 0 Å². The number of benzene rings is 1. The van der Waals surface area contributed by atoms with Gasteiger partial charge in [-0.25, -0.2) is 4.79 Å². The first kappa shape index (κ1) is 29.8. The number of aromatic hydroxyl groups is 1. The third-order valence-electron chi connectivity index (χ3n) is 4.85. The van der Waals surface area contributed by atoms with E-state index in [1.165, 1.54) is 24.3 Å². The highest BCUT2D eigenvalue weighted by atomic mass is 16.4. The second-order valence-corrected chi connectivity index (χ2v) is 7.78. The molecule has 4 atom stereocenters. The Morgan fingerprint density at radius 2 is 1.36 bits per heavy atom. The summed E-state index contributed by atoms with van der Waals surface area (Å²) in [7, 11) is 0. The molecular weight excluding hydrogens is 482 g/mol. The first-order chi connectivity index (χ1) is 16.8. The molecule has 11 N–H and O–H groups in total. The molecule has 198 valence electrons. The number of carbonyl (C=O) groups is 6. The van der Waals surface area contributed by atoms with E-state index in [-0.39, 0.29) is 18.6 Å². The van der Waals surface area contributed by atoms with Crippen LogP contribution >= 0.6 is 0 Å². The van der Waals surface area contributed by atoms with Crippen LogP contribution in [0.15, 0.2) is 24.3 Å². The highest BCUT2D eigenvalue weighted by molar-refractivity contribution is 5.95. The van der Waals surface area contributed by atoms with Crippen LogP contribution in [-0.2, 0) is 35.2 Å². The number of hydrogen-bond acceptors (Lipinski definition) is 9. The van der Waals surface area contributed by atoms with Crippen LogP contribution in [0.3, 0.4) is 0 Å². The molecule has 4 unspecified atom stereocenters. The summed E-state index contributed by atoms with van der Waals surface area (Å²) in [5.41, 5.74) is 11.1. The lowest BCUT2D eigenvalue weighted by atomic mass is 10.0. The molecule has 4 amide bonds. The summed E-state index contributed by atoms with van der Waals surface area (Å²) < 4.78 is 0. The molecule has 1 aromatic rings. The number of amides is 4. The fraction of sp³-hybridized carbons (Fsp3) is 0.429. The SMILES string of the molecule is NC(=O)CC(NC(=O)C(CO)NC(=O)C(Cc1ccc(O)cc1)NC(=O)C(N)CCC(=O)O)C(=O)O. The molecule has 0 aliphatic rings. The number of nitrogens with two attached hydrogens (primary N) is 2. The van der Waals surface area contributed by atoms with Crippen LogP contribution < -0.4 is 27.4 Å². The second-order valence-electron chi connectivity index (χ2n) is 7.78. The van der Waals surface area contributed by atoms with Crippen molar-refractivity contribution in [2.75, 3.05) is 6.61 Å². The number of carboxylic acids is 2. The van der Waals surface area contributed by atoms with Gasteiger partial charge in [0.25, 0.3) is 0 Å². The normalized spacial score (nSPS) is 13.9. The number of aliphatic hydroxyl groups excluding tert-OH is 1. The van der Waals surface area contributed by atoms with Crippen molar-refractivity contribution in [1.82, 2.24) is 16.0 Å². The van der Waals surface area contributed by atoms with Crippen molar-refractivity contribution in [1.29, 1.82) is 0 Å². The number of phenols is 1. The Morgan fingerprint density at radius 3 is 1.86 bits per heavy atom. The van der Waals surface area contributed by atoms with E-state index in [1.54, 1.807) is 0 Å². The van der Waals surface area contributed by atoms with Gasteiger partial charge in [-0.05, 0) is 24.1 Å². The molecule has 0 fully saturated rings. The predicted octanol–water partition coefficient (Wildman–Crippen LogP) is -3.47. The minimum Gasteiger partial charge on any atom is -0.508 e. The van der Waals surface area contributed by atoms with Crippen molar-refractivity contribution in [3.05, 3.63) is 29.8 Å². The standard InChI is InChI=1S/C21H29N5O10/c22-12(5-6-17(30)31)18(32)24-13(7-10-1-3-11(28)4-2-10)19(33)26-15(9-27)20(34)25-14(21(35)36)8-16(23)29/h1-4,12-15,27-28H,5-9,22H2,(H2,23,29)(H,24,32)(H,25,34)(H,26,33)(H,30,31)(H,35,36). The largest absolute Gasteiger partial charge is 0.508 e. The second kappa shape index (κ2) is 14.2. The lowest BCUT2D eigenvalue weighted by Crippen LogP contribution is -2.58. The number of nitrogens with one attached hydrogen (secondary N) is 3. The molecule has 15 heteroatoms. The zero-order chi connectivity index (χ0) is 27.4. The van der Waals surface area contributed by atoms with E-state index in [1.807, 2.05) is 5.32 Å². The smallest absolute Gasteiger partial charge is 0.326 e. The fourth-order valence-corrected chi connectivity index (χ4v) is 2.91. The molecular formula is C21H29N5O10. The van der Waals surface area contributed by atoms with Gasteiger partial charge in [0, 0.05) is 12.8 Å². The van der Waals surface area contributed by atoms with Gasteiger partial charge in [0.15, 0.2) is 0 Å². The van der Waals surface area contributed by atoms with Crippen molar-refractivity contribution < 1.29 is 49.2 Å². The summed E-state index contributed by atoms with van der Waals surface area (Å²) in [5, 5.41) is 43.4. The topological polar surface area (TPSA) is 271 Å². The molecule has 0 spiro atoms. The van der Waals surface area contributed by atoms with E-state index in [4.69, 9.17) is 21.7 Å². The molecule has 0 saturated carbocycles. The van der Waals surface area contributed by atoms with Crippen LogP contribution in [-0.4, -0.2) is 86.8 Å². The molecule has 0 radical (unpaired) electrons. The quantitative estimate of drug-likeness (QED) is 0.112. The maximum absolute atomic E-state index is 12.9. The first-order valence-corrected chi connectivity index (χ1v) is 10.6. The molecule has 0 saturated heterocycles. The number of rotatable bonds is 15. The summed E-state index contributed by atoms with van der Waals surface area (Å²) >= 11 is 0. The van der Waals surface area contributed by atoms with Gasteiger partial charge < -0.3 is 47.8 Å². The average molecular weight is 511 g/mol. The summed E-state index contributed by atoms with van der Waals surface area (Å²) in [6.07, 6.45) is -1.50. The molecule has 0 aromatic heterocycles. The van der Waals surface area contributed by atoms with Gasteiger partial charge in [0.2, 0.25) is 23.6 Å². The Morgan fingerprint density at radius 1 is 0.833 bits per heavy atom. The Hall–Kier alpha value is -4.24. The van der Waals surface area contributed by atoms with Crippen molar-refractivity contribution in [2.24, 2.45) is 11.5 Å². The summed E-state index contributed by atoms with van der Waals surface area (Å²) in [5.74, 6) is -6.76. The van der Waals surface area contributed by atoms with E-state index in [0.29, 0.717) is 5.56 Å². The number of phenolic OH excluding ortho intramolecular Hbond substituents is 1. The lowest BCUT2D eigenvalue weighted by molar-refractivity contribution is -0.144. The molecule has 0 aliphatic carbocycles. The zero-order valence-electron chi connectivity index (χ0n) is 19.0. The van der Waals surface area contributed by atoms with Gasteiger partial charge >= 0.3 is 11.9 Å². The third kappa shape index (κ3) is 10.4. The van der Waals surface area contributed by atoms with Crippen molar-refractivity contribution in [3.63, 3.8) is 0 Å². The minimum atomic E-state index is -1.71. The summed E-state index contributed by atoms with van der Waals surface area (Å²) in [4.78, 5) is 70.8. The van der Waals surface area contributed by atoms with E-state index < -0.39 is 79.2 Å². The molecule has 0 aliphatic heterocycles. The predicted molar refractivity (Wildman–Crippen MR) is 121 cm³/mol. The van der Waals surface area contributed by atoms with Gasteiger partial charge in [-0.1, -0.05) is 12.1 Å². The van der Waals surface area contributed by atoms with E-state index in [9.17, 15) is 39.0 Å². The van der Waals surface area contributed by atoms with Crippen LogP contribution in [0.1, 0.15) is 24.8 Å². The fourth-order valence-electron chi connectivity index (χ4n) is 2.91. The Kier molecular flexibility index (Phi) is 11.8. The third-order valence-corrected chi connectivity index (χ3v) is 4.85. The number of aliphatic hydroxyl groups is 1. The maximum Gasteiger partial charge on any atom is 0.326 e. The molecule has 0 heterocycles. The highest BCUT2D eigenvalue weighted by Gasteiger charge is 2.30. The Labute approximate surface area is 204 Å². The number of hydrogen-bond donors (Lipinski definition) is 9. The van der Waals surface area contributed by atoms with Gasteiger partial charge in [-0.3, -0.25) is 24.0 Å². The van der Waals surface area contributed by atoms with E-state index in [0.717, 1.165) is 0 Å². The Bertz CT molecular complexity index is 968. The lowest BCUT2D eigenvalue weighted by Gasteiger charge is -2.24. The first-order valence-electron chi connectivity index (χ1n) is 10.6. The number of carboxylic acid groups (broad SMARTS) is 2. The van der Waals surface area contributed by atoms with Crippen LogP contribution in [0.25, 0.3) is 0 Å². The van der Waals surface area contributed by atoms with Gasteiger partial charge in [0.1, 0.15) is 23.9 Å². The maximum atomic E-state index is 12.9. The zero-order valence-corrected chi connectivity index (χ0v) is 19.0. The minimum absolute atomic E-state index is 0.0551. The number of aliphatic carboxylic acids is 2. The van der Waals surface area contributed by atoms with Crippen LogP contribution in [0.4, 0.5) is 0 Å². The van der Waals surface area contributed by atoms with E-state index >= 15 is 0 Å². The molecule has 15 nitrogen and oxygen atoms in total. The van der Waals surface area contributed by atoms with Crippen molar-refractivity contribution in [2.45, 2.75) is 49.9 Å². The summed E-state index contributed by atoms with van der Waals surface area (Å²) in [6.45, 7) is -0.960. The van der Waals surface area contributed by atoms with Crippen molar-refractivity contribution >= 4 is 35.6 Å². The molecule has 36 heavy (non-hydrogen) atoms. The van der Waals surface area contributed by atoms with Crippen LogP contribution in [0.2, 0.25) is 0 Å². The van der Waals surface area contributed by atoms with Gasteiger partial charge in [-0.15, -0.1) is 0 Å². The van der Waals surface area contributed by atoms with Gasteiger partial charge in [-0.2, -0.15) is 0 Å². The summed E-state index contributed by atoms with van der Waals surface area (Å²) in [6, 6.07) is -0.404. The monoisotopic (exact) mass is 511 g/mol. The number of primary amides is 1. The van der Waals surface area contributed by atoms with E-state index in [2.05, 4.69) is 10.6 Å². The van der Waals surface area contributed by atoms with Crippen LogP contribution in [0.5, 0.6) is 5.75 Å². The average Bonchev–Trinajstić information content (AvgIpc) is 2.80. The Balaban J connectivity index is 3.02. The van der Waals surface area contributed by atoms with Crippen molar-refractivity contribution in [3.8, 4) is 5.75 Å². The molecule has 0 bridgehead atoms. The molecule has 1 aromatic carbocycles. The highest BCUT2D eigenvalue weighted by Crippen LogP contribution is 2.12. The molecule has 1 rings (SSSR count).